The molecule has 0 nitrogen and oxygen atoms in total. The van der Waals surface area contributed by atoms with Crippen LogP contribution in [-0.4, -0.2) is 0 Å². The maximum atomic E-state index is 2.28. The predicted octanol–water partition coefficient (Wildman–Crippen LogP) is 5.76. The number of hydrogen-bond donors (Lipinski definition) is 0. The second-order valence-electron chi connectivity index (χ2n) is 4.65. The highest BCUT2D eigenvalue weighted by molar-refractivity contribution is 7.18. The van der Waals surface area contributed by atoms with E-state index in [-0.39, 0.29) is 0 Å². The fourth-order valence-electron chi connectivity index (χ4n) is 2.95. The number of hydrogen-bond acceptors (Lipinski definition) is 2. The van der Waals surface area contributed by atoms with Gasteiger partial charge in [0.2, 0.25) is 0 Å². The van der Waals surface area contributed by atoms with Gasteiger partial charge < -0.3 is 0 Å². The molecule has 2 aromatic heterocycles. The molecule has 0 spiro atoms. The van der Waals surface area contributed by atoms with E-state index in [1.807, 2.05) is 22.7 Å². The van der Waals surface area contributed by atoms with Crippen LogP contribution in [0.3, 0.4) is 0 Å². The van der Waals surface area contributed by atoms with E-state index in [0.29, 0.717) is 0 Å². The summed E-state index contributed by atoms with van der Waals surface area (Å²) in [5, 5.41) is 7.12. The van der Waals surface area contributed by atoms with Gasteiger partial charge >= 0.3 is 0 Å². The highest BCUT2D eigenvalue weighted by atomic mass is 32.1. The molecule has 0 amide bonds. The summed E-state index contributed by atoms with van der Waals surface area (Å²) >= 11 is 3.71. The Kier molecular flexibility index (Phi) is 1.56. The molecule has 0 N–H and O–H groups in total. The van der Waals surface area contributed by atoms with E-state index >= 15 is 0 Å². The molecule has 2 heterocycles. The van der Waals surface area contributed by atoms with Crippen LogP contribution in [0, 0.1) is 0 Å². The molecular formula is C16H8S2. The Hall–Kier alpha value is -1.64. The van der Waals surface area contributed by atoms with Crippen LogP contribution < -0.4 is 0 Å². The van der Waals surface area contributed by atoms with E-state index < -0.39 is 0 Å². The summed E-state index contributed by atoms with van der Waals surface area (Å²) in [7, 11) is 0. The molecule has 4 aromatic rings. The van der Waals surface area contributed by atoms with Crippen LogP contribution in [0.4, 0.5) is 0 Å². The molecular weight excluding hydrogens is 256 g/mol. The third-order valence-corrected chi connectivity index (χ3v) is 5.68. The lowest BCUT2D eigenvalue weighted by molar-refractivity contribution is 1.63. The maximum Gasteiger partial charge on any atom is 0.0427 e. The van der Waals surface area contributed by atoms with Gasteiger partial charge in [0.15, 0.2) is 0 Å². The van der Waals surface area contributed by atoms with Crippen molar-refractivity contribution in [3.63, 3.8) is 0 Å². The Bertz CT molecular complexity index is 832. The molecule has 0 aliphatic heterocycles. The van der Waals surface area contributed by atoms with Crippen molar-refractivity contribution in [2.75, 3.05) is 0 Å². The first-order chi connectivity index (χ1) is 8.93. The molecule has 2 aromatic carbocycles. The van der Waals surface area contributed by atoms with Gasteiger partial charge in [0.05, 0.1) is 0 Å². The molecule has 0 unspecified atom stereocenters. The van der Waals surface area contributed by atoms with E-state index in [0.717, 1.165) is 0 Å². The molecule has 5 rings (SSSR count). The fourth-order valence-corrected chi connectivity index (χ4v) is 4.88. The van der Waals surface area contributed by atoms with Crippen LogP contribution in [0.2, 0.25) is 0 Å². The molecule has 84 valence electrons. The SMILES string of the molecule is c1cc2ccc3c(c2s1)-c1ccc2ccsc2c1-3. The first-order valence-corrected chi connectivity index (χ1v) is 7.70. The van der Waals surface area contributed by atoms with Crippen molar-refractivity contribution in [2.45, 2.75) is 0 Å². The predicted molar refractivity (Wildman–Crippen MR) is 81.6 cm³/mol. The quantitative estimate of drug-likeness (QED) is 0.333. The molecule has 0 fully saturated rings. The van der Waals surface area contributed by atoms with Gasteiger partial charge in [-0.3, -0.25) is 0 Å². The van der Waals surface area contributed by atoms with Crippen LogP contribution in [0.5, 0.6) is 0 Å². The van der Waals surface area contributed by atoms with Crippen molar-refractivity contribution in [1.29, 1.82) is 0 Å². The molecule has 2 heteroatoms. The second-order valence-corrected chi connectivity index (χ2v) is 6.49. The number of benzene rings is 2. The topological polar surface area (TPSA) is 0 Å². The molecule has 0 radical (unpaired) electrons. The Balaban J connectivity index is 1.98. The van der Waals surface area contributed by atoms with E-state index in [9.17, 15) is 0 Å². The van der Waals surface area contributed by atoms with Crippen LogP contribution in [0.1, 0.15) is 0 Å². The molecule has 18 heavy (non-hydrogen) atoms. The summed E-state index contributed by atoms with van der Waals surface area (Å²) in [6.45, 7) is 0. The number of thiophene rings is 2. The number of rotatable bonds is 0. The van der Waals surface area contributed by atoms with Gasteiger partial charge in [0, 0.05) is 20.5 Å². The fraction of sp³-hybridized carbons (Fsp3) is 0. The van der Waals surface area contributed by atoms with Crippen molar-refractivity contribution < 1.29 is 0 Å². The highest BCUT2D eigenvalue weighted by Gasteiger charge is 2.27. The summed E-state index contributed by atoms with van der Waals surface area (Å²) < 4.78 is 2.88. The largest absolute Gasteiger partial charge is 0.143 e. The monoisotopic (exact) mass is 264 g/mol. The Morgan fingerprint density at radius 2 is 1.06 bits per heavy atom. The second kappa shape index (κ2) is 3.02. The Morgan fingerprint density at radius 3 is 1.56 bits per heavy atom. The zero-order chi connectivity index (χ0) is 11.7. The third-order valence-electron chi connectivity index (χ3n) is 3.78. The van der Waals surface area contributed by atoms with Crippen LogP contribution in [0.25, 0.3) is 42.4 Å². The lowest BCUT2D eigenvalue weighted by Gasteiger charge is -2.25. The van der Waals surface area contributed by atoms with Gasteiger partial charge in [-0.15, -0.1) is 22.7 Å². The zero-order valence-electron chi connectivity index (χ0n) is 9.44. The Morgan fingerprint density at radius 1 is 0.556 bits per heavy atom. The molecule has 1 aliphatic rings. The van der Waals surface area contributed by atoms with Crippen LogP contribution in [0.15, 0.2) is 47.2 Å². The van der Waals surface area contributed by atoms with E-state index in [2.05, 4.69) is 47.2 Å². The molecule has 0 saturated carbocycles. The minimum atomic E-state index is 1.37. The average Bonchev–Trinajstić information content (AvgIpc) is 2.99. The van der Waals surface area contributed by atoms with Crippen LogP contribution in [-0.2, 0) is 0 Å². The summed E-state index contributed by atoms with van der Waals surface area (Å²) in [6, 6.07) is 13.5. The van der Waals surface area contributed by atoms with Crippen molar-refractivity contribution in [2.24, 2.45) is 0 Å². The van der Waals surface area contributed by atoms with Gasteiger partial charge in [-0.1, -0.05) is 24.3 Å². The van der Waals surface area contributed by atoms with E-state index in [4.69, 9.17) is 0 Å². The Labute approximate surface area is 112 Å². The molecule has 0 saturated heterocycles. The van der Waals surface area contributed by atoms with Crippen molar-refractivity contribution >= 4 is 42.8 Å². The molecule has 0 atom stereocenters. The molecule has 0 bridgehead atoms. The van der Waals surface area contributed by atoms with Gasteiger partial charge in [0.1, 0.15) is 0 Å². The first-order valence-electron chi connectivity index (χ1n) is 5.95. The third kappa shape index (κ3) is 0.935. The average molecular weight is 264 g/mol. The summed E-state index contributed by atoms with van der Waals surface area (Å²) in [4.78, 5) is 0. The van der Waals surface area contributed by atoms with Gasteiger partial charge in [0.25, 0.3) is 0 Å². The summed E-state index contributed by atoms with van der Waals surface area (Å²) in [5.74, 6) is 0. The van der Waals surface area contributed by atoms with Crippen molar-refractivity contribution in [3.05, 3.63) is 47.2 Å². The minimum absolute atomic E-state index is 1.37. The number of fused-ring (bicyclic) bond motifs is 8. The lowest BCUT2D eigenvalue weighted by Crippen LogP contribution is -1.98. The minimum Gasteiger partial charge on any atom is -0.143 e. The maximum absolute atomic E-state index is 2.28. The van der Waals surface area contributed by atoms with Gasteiger partial charge in [-0.05, 0) is 44.8 Å². The first kappa shape index (κ1) is 9.31. The van der Waals surface area contributed by atoms with Crippen molar-refractivity contribution in [1.82, 2.24) is 0 Å². The summed E-state index contributed by atoms with van der Waals surface area (Å²) in [5.41, 5.74) is 5.81. The van der Waals surface area contributed by atoms with E-state index in [1.54, 1.807) is 0 Å². The van der Waals surface area contributed by atoms with E-state index in [1.165, 1.54) is 42.4 Å². The standard InChI is InChI=1S/C16H8S2/c1-3-11-13(15-9(1)5-7-17-15)12-4-2-10-6-8-18-16(10)14(11)12/h1-8H. The lowest BCUT2D eigenvalue weighted by atomic mass is 9.79. The summed E-state index contributed by atoms with van der Waals surface area (Å²) in [6.07, 6.45) is 0. The van der Waals surface area contributed by atoms with Gasteiger partial charge in [-0.2, -0.15) is 0 Å². The zero-order valence-corrected chi connectivity index (χ0v) is 11.1. The normalized spacial score (nSPS) is 12.4. The highest BCUT2D eigenvalue weighted by Crippen LogP contribution is 2.55. The van der Waals surface area contributed by atoms with Crippen molar-refractivity contribution in [3.8, 4) is 22.3 Å². The van der Waals surface area contributed by atoms with Gasteiger partial charge in [-0.25, -0.2) is 0 Å². The van der Waals surface area contributed by atoms with Crippen LogP contribution >= 0.6 is 22.7 Å². The molecule has 1 aliphatic carbocycles. The smallest absolute Gasteiger partial charge is 0.0427 e.